The molecule has 0 heterocycles. The van der Waals surface area contributed by atoms with Crippen LogP contribution in [0, 0.1) is 23.7 Å². The van der Waals surface area contributed by atoms with Gasteiger partial charge in [-0.3, -0.25) is 0 Å². The Morgan fingerprint density at radius 3 is 1.45 bits per heavy atom. The van der Waals surface area contributed by atoms with Gasteiger partial charge in [0.2, 0.25) is 0 Å². The van der Waals surface area contributed by atoms with Crippen LogP contribution in [-0.2, 0) is 0 Å². The van der Waals surface area contributed by atoms with E-state index in [0.717, 1.165) is 23.7 Å². The van der Waals surface area contributed by atoms with Crippen molar-refractivity contribution in [3.63, 3.8) is 0 Å². The fraction of sp³-hybridized carbons (Fsp3) is 1.00. The van der Waals surface area contributed by atoms with Gasteiger partial charge in [-0.1, -0.05) is 96.3 Å². The van der Waals surface area contributed by atoms with Gasteiger partial charge in [-0.2, -0.15) is 0 Å². The highest BCUT2D eigenvalue weighted by Crippen LogP contribution is 2.39. The molecule has 3 aliphatic carbocycles. The smallest absolute Gasteiger partial charge is 0.0411 e. The van der Waals surface area contributed by atoms with Crippen molar-refractivity contribution in [2.45, 2.75) is 103 Å². The van der Waals surface area contributed by atoms with E-state index in [2.05, 4.69) is 0 Å². The number of rotatable bonds is 7. The van der Waals surface area contributed by atoms with Gasteiger partial charge in [0.25, 0.3) is 0 Å². The maximum Gasteiger partial charge on any atom is -0.0411 e. The highest BCUT2D eigenvalue weighted by molar-refractivity contribution is 4.77. The maximum absolute atomic E-state index is 1.59. The standard InChI is InChI=1S/C20H36/c1-2-8-19(9-3-1)16-20-14-12-18(13-15-20)7-5-4-6-17-10-11-17/h17-20H,1-16H2. The number of hydrogen-bond acceptors (Lipinski definition) is 0. The summed E-state index contributed by atoms with van der Waals surface area (Å²) in [5, 5.41) is 0. The van der Waals surface area contributed by atoms with E-state index in [1.54, 1.807) is 70.6 Å². The molecular formula is C20H36. The van der Waals surface area contributed by atoms with E-state index in [-0.39, 0.29) is 0 Å². The van der Waals surface area contributed by atoms with Gasteiger partial charge in [-0.25, -0.2) is 0 Å². The van der Waals surface area contributed by atoms with Gasteiger partial charge in [0.15, 0.2) is 0 Å². The predicted molar refractivity (Wildman–Crippen MR) is 87.8 cm³/mol. The molecule has 0 aromatic rings. The lowest BCUT2D eigenvalue weighted by molar-refractivity contribution is 0.204. The molecule has 0 N–H and O–H groups in total. The van der Waals surface area contributed by atoms with Crippen LogP contribution in [0.15, 0.2) is 0 Å². The Bertz CT molecular complexity index is 251. The van der Waals surface area contributed by atoms with Gasteiger partial charge in [0, 0.05) is 0 Å². The van der Waals surface area contributed by atoms with Crippen molar-refractivity contribution in [2.24, 2.45) is 23.7 Å². The van der Waals surface area contributed by atoms with Crippen molar-refractivity contribution in [2.75, 3.05) is 0 Å². The average Bonchev–Trinajstić information content (AvgIpc) is 3.31. The molecule has 20 heavy (non-hydrogen) atoms. The molecule has 3 rings (SSSR count). The second-order valence-electron chi connectivity index (χ2n) is 8.35. The van der Waals surface area contributed by atoms with E-state index in [9.17, 15) is 0 Å². The molecule has 0 aromatic carbocycles. The molecule has 0 unspecified atom stereocenters. The van der Waals surface area contributed by atoms with Crippen molar-refractivity contribution in [3.8, 4) is 0 Å². The van der Waals surface area contributed by atoms with Crippen molar-refractivity contribution in [3.05, 3.63) is 0 Å². The molecule has 3 saturated carbocycles. The molecule has 3 aliphatic rings. The van der Waals surface area contributed by atoms with Crippen molar-refractivity contribution in [1.82, 2.24) is 0 Å². The summed E-state index contributed by atoms with van der Waals surface area (Å²) in [7, 11) is 0. The molecule has 0 aliphatic heterocycles. The first-order valence-corrected chi connectivity index (χ1v) is 9.90. The summed E-state index contributed by atoms with van der Waals surface area (Å²) in [4.78, 5) is 0. The van der Waals surface area contributed by atoms with Crippen LogP contribution < -0.4 is 0 Å². The SMILES string of the molecule is C1CCC(CC2CCC(CCCCC3CC3)CC2)CC1. The molecular weight excluding hydrogens is 240 g/mol. The van der Waals surface area contributed by atoms with Crippen LogP contribution in [0.1, 0.15) is 103 Å². The minimum atomic E-state index is 1.11. The number of unbranched alkanes of at least 4 members (excludes halogenated alkanes) is 1. The Kier molecular flexibility index (Phi) is 5.86. The fourth-order valence-electron chi connectivity index (χ4n) is 4.92. The zero-order valence-electron chi connectivity index (χ0n) is 13.6. The average molecular weight is 277 g/mol. The first-order valence-electron chi connectivity index (χ1n) is 9.90. The van der Waals surface area contributed by atoms with Crippen molar-refractivity contribution >= 4 is 0 Å². The fourth-order valence-corrected chi connectivity index (χ4v) is 4.92. The number of hydrogen-bond donors (Lipinski definition) is 0. The first-order chi connectivity index (χ1) is 9.90. The van der Waals surface area contributed by atoms with Gasteiger partial charge < -0.3 is 0 Å². The molecule has 0 atom stereocenters. The lowest BCUT2D eigenvalue weighted by atomic mass is 9.74. The predicted octanol–water partition coefficient (Wildman–Crippen LogP) is 6.73. The molecule has 0 nitrogen and oxygen atoms in total. The van der Waals surface area contributed by atoms with Gasteiger partial charge in [-0.15, -0.1) is 0 Å². The van der Waals surface area contributed by atoms with Crippen LogP contribution in [-0.4, -0.2) is 0 Å². The molecule has 0 spiro atoms. The van der Waals surface area contributed by atoms with Crippen molar-refractivity contribution < 1.29 is 0 Å². The van der Waals surface area contributed by atoms with E-state index in [4.69, 9.17) is 0 Å². The third kappa shape index (κ3) is 5.08. The molecule has 0 aromatic heterocycles. The van der Waals surface area contributed by atoms with E-state index in [1.807, 2.05) is 0 Å². The van der Waals surface area contributed by atoms with E-state index in [0.29, 0.717) is 0 Å². The summed E-state index contributed by atoms with van der Waals surface area (Å²) in [5.74, 6) is 4.49. The molecule has 116 valence electrons. The van der Waals surface area contributed by atoms with Crippen LogP contribution in [0.25, 0.3) is 0 Å². The molecule has 0 amide bonds. The summed E-state index contributed by atoms with van der Waals surface area (Å²) in [6, 6.07) is 0. The third-order valence-corrected chi connectivity index (χ3v) is 6.53. The van der Waals surface area contributed by atoms with Crippen LogP contribution in [0.2, 0.25) is 0 Å². The Morgan fingerprint density at radius 2 is 0.900 bits per heavy atom. The summed E-state index contributed by atoms with van der Waals surface area (Å²) in [6.07, 6.45) is 24.8. The summed E-state index contributed by atoms with van der Waals surface area (Å²) in [5.41, 5.74) is 0. The largest absolute Gasteiger partial charge is 0.0533 e. The van der Waals surface area contributed by atoms with Crippen LogP contribution in [0.4, 0.5) is 0 Å². The second-order valence-corrected chi connectivity index (χ2v) is 8.35. The minimum Gasteiger partial charge on any atom is -0.0533 e. The lowest BCUT2D eigenvalue weighted by Gasteiger charge is -2.32. The zero-order chi connectivity index (χ0) is 13.6. The zero-order valence-corrected chi connectivity index (χ0v) is 13.6. The molecule has 0 saturated heterocycles. The minimum absolute atomic E-state index is 1.11. The quantitative estimate of drug-likeness (QED) is 0.452. The van der Waals surface area contributed by atoms with E-state index >= 15 is 0 Å². The van der Waals surface area contributed by atoms with Gasteiger partial charge in [0.05, 0.1) is 0 Å². The summed E-state index contributed by atoms with van der Waals surface area (Å²) >= 11 is 0. The van der Waals surface area contributed by atoms with Crippen LogP contribution in [0.5, 0.6) is 0 Å². The molecule has 0 radical (unpaired) electrons. The third-order valence-electron chi connectivity index (χ3n) is 6.53. The maximum atomic E-state index is 1.59. The van der Waals surface area contributed by atoms with Gasteiger partial charge in [-0.05, 0) is 30.1 Å². The van der Waals surface area contributed by atoms with Gasteiger partial charge in [0.1, 0.15) is 0 Å². The Balaban J connectivity index is 1.24. The normalized spacial score (nSPS) is 32.4. The van der Waals surface area contributed by atoms with Crippen LogP contribution in [0.3, 0.4) is 0 Å². The van der Waals surface area contributed by atoms with E-state index < -0.39 is 0 Å². The van der Waals surface area contributed by atoms with E-state index in [1.165, 1.54) is 32.1 Å². The molecule has 0 bridgehead atoms. The summed E-state index contributed by atoms with van der Waals surface area (Å²) in [6.45, 7) is 0. The molecule has 3 fully saturated rings. The monoisotopic (exact) mass is 276 g/mol. The van der Waals surface area contributed by atoms with Gasteiger partial charge >= 0.3 is 0 Å². The Hall–Kier alpha value is 0. The lowest BCUT2D eigenvalue weighted by Crippen LogP contribution is -2.18. The van der Waals surface area contributed by atoms with Crippen molar-refractivity contribution in [1.29, 1.82) is 0 Å². The topological polar surface area (TPSA) is 0 Å². The summed E-state index contributed by atoms with van der Waals surface area (Å²) < 4.78 is 0. The first kappa shape index (κ1) is 14.9. The second kappa shape index (κ2) is 7.85. The Labute approximate surface area is 127 Å². The van der Waals surface area contributed by atoms with Crippen LogP contribution >= 0.6 is 0 Å². The Morgan fingerprint density at radius 1 is 0.450 bits per heavy atom. The highest BCUT2D eigenvalue weighted by Gasteiger charge is 2.25. The highest BCUT2D eigenvalue weighted by atomic mass is 14.3. The molecule has 0 heteroatoms.